The van der Waals surface area contributed by atoms with Crippen molar-refractivity contribution in [2.75, 3.05) is 11.9 Å². The fraction of sp³-hybridized carbons (Fsp3) is 0.200. The van der Waals surface area contributed by atoms with Gasteiger partial charge in [-0.05, 0) is 13.0 Å². The molecule has 1 heterocycles. The van der Waals surface area contributed by atoms with Crippen molar-refractivity contribution in [1.29, 1.82) is 0 Å². The molecule has 1 aromatic heterocycles. The molecule has 0 aliphatic heterocycles. The molecule has 6 nitrogen and oxygen atoms in total. The number of nitrogens with one attached hydrogen (secondary N) is 1. The second-order valence-corrected chi connectivity index (χ2v) is 5.89. The van der Waals surface area contributed by atoms with Crippen molar-refractivity contribution in [3.05, 3.63) is 51.9 Å². The van der Waals surface area contributed by atoms with Crippen molar-refractivity contribution < 1.29 is 40.7 Å². The Balaban J connectivity index is 2.38. The van der Waals surface area contributed by atoms with Crippen LogP contribution in [-0.4, -0.2) is 28.6 Å². The minimum absolute atomic E-state index is 0.0720. The van der Waals surface area contributed by atoms with E-state index in [1.807, 2.05) is 0 Å². The molecule has 0 atom stereocenters. The number of rotatable bonds is 6. The Labute approximate surface area is 156 Å². The maximum absolute atomic E-state index is 13.8. The van der Waals surface area contributed by atoms with Gasteiger partial charge in [-0.1, -0.05) is 11.3 Å². The van der Waals surface area contributed by atoms with E-state index in [1.54, 1.807) is 0 Å². The molecule has 13 heteroatoms. The monoisotopic (exact) mass is 425 g/mol. The van der Waals surface area contributed by atoms with Crippen LogP contribution in [0, 0.1) is 17.5 Å². The van der Waals surface area contributed by atoms with Gasteiger partial charge in [0.25, 0.3) is 0 Å². The Morgan fingerprint density at radius 3 is 2.36 bits per heavy atom. The van der Waals surface area contributed by atoms with Gasteiger partial charge in [-0.15, -0.1) is 10.2 Å². The third-order valence-corrected chi connectivity index (χ3v) is 3.90. The first-order chi connectivity index (χ1) is 13.0. The second-order valence-electron chi connectivity index (χ2n) is 4.91. The molecule has 0 aliphatic carbocycles. The lowest BCUT2D eigenvalue weighted by Gasteiger charge is -2.08. The number of ketones is 1. The van der Waals surface area contributed by atoms with Crippen LogP contribution >= 0.6 is 11.3 Å². The van der Waals surface area contributed by atoms with Crippen molar-refractivity contribution in [3.63, 3.8) is 0 Å². The molecule has 28 heavy (non-hydrogen) atoms. The molecule has 150 valence electrons. The van der Waals surface area contributed by atoms with Crippen LogP contribution in [0.5, 0.6) is 0 Å². The van der Waals surface area contributed by atoms with E-state index in [9.17, 15) is 35.9 Å². The first-order valence-electron chi connectivity index (χ1n) is 7.28. The van der Waals surface area contributed by atoms with E-state index < -0.39 is 56.7 Å². The number of hydrogen-bond donors (Lipinski definition) is 1. The molecule has 0 spiro atoms. The Morgan fingerprint density at radius 2 is 1.79 bits per heavy atom. The SMILES string of the molecule is CCOC(=O)/C(=C\Nc1nnc(C(F)(F)F)s1)C(=O)c1cc(F)c(F)cc1F. The van der Waals surface area contributed by atoms with Gasteiger partial charge in [-0.2, -0.15) is 13.2 Å². The third kappa shape index (κ3) is 4.85. The average Bonchev–Trinajstić information content (AvgIpc) is 3.07. The molecule has 2 aromatic rings. The minimum atomic E-state index is -4.75. The van der Waals surface area contributed by atoms with Crippen LogP contribution in [0.4, 0.5) is 31.5 Å². The molecular formula is C15H9F6N3O3S. The summed E-state index contributed by atoms with van der Waals surface area (Å²) in [6, 6.07) is 0.353. The largest absolute Gasteiger partial charge is 0.462 e. The second kappa shape index (κ2) is 8.37. The molecule has 0 bridgehead atoms. The summed E-state index contributed by atoms with van der Waals surface area (Å²) in [5, 5.41) is 6.48. The van der Waals surface area contributed by atoms with E-state index in [4.69, 9.17) is 0 Å². The van der Waals surface area contributed by atoms with Crippen LogP contribution < -0.4 is 5.32 Å². The Kier molecular flexibility index (Phi) is 6.38. The summed E-state index contributed by atoms with van der Waals surface area (Å²) >= 11 is 0.0720. The average molecular weight is 425 g/mol. The smallest absolute Gasteiger partial charge is 0.445 e. The lowest BCUT2D eigenvalue weighted by Crippen LogP contribution is -2.19. The highest BCUT2D eigenvalue weighted by Crippen LogP contribution is 2.33. The van der Waals surface area contributed by atoms with Gasteiger partial charge in [0, 0.05) is 12.3 Å². The maximum atomic E-state index is 13.8. The van der Waals surface area contributed by atoms with Gasteiger partial charge in [-0.25, -0.2) is 18.0 Å². The molecule has 0 amide bonds. The quantitative estimate of drug-likeness (QED) is 0.145. The number of esters is 1. The van der Waals surface area contributed by atoms with Crippen LogP contribution in [0.15, 0.2) is 23.9 Å². The van der Waals surface area contributed by atoms with Crippen LogP contribution in [-0.2, 0) is 15.7 Å². The summed E-state index contributed by atoms with van der Waals surface area (Å²) in [5.41, 5.74) is -1.86. The number of hydrogen-bond acceptors (Lipinski definition) is 7. The van der Waals surface area contributed by atoms with E-state index in [0.29, 0.717) is 6.20 Å². The molecule has 0 saturated carbocycles. The number of anilines is 1. The molecule has 1 aromatic carbocycles. The third-order valence-electron chi connectivity index (χ3n) is 3.00. The Hall–Kier alpha value is -2.96. The van der Waals surface area contributed by atoms with Crippen molar-refractivity contribution in [2.45, 2.75) is 13.1 Å². The van der Waals surface area contributed by atoms with Crippen molar-refractivity contribution >= 4 is 28.2 Å². The van der Waals surface area contributed by atoms with Crippen molar-refractivity contribution in [3.8, 4) is 0 Å². The highest BCUT2D eigenvalue weighted by Gasteiger charge is 2.35. The number of ether oxygens (including phenoxy) is 1. The number of Topliss-reactive ketones (excluding diaryl/α,β-unsaturated/α-hetero) is 1. The van der Waals surface area contributed by atoms with Crippen LogP contribution in [0.2, 0.25) is 0 Å². The molecular weight excluding hydrogens is 416 g/mol. The van der Waals surface area contributed by atoms with Gasteiger partial charge in [0.1, 0.15) is 11.4 Å². The van der Waals surface area contributed by atoms with Gasteiger partial charge in [0.2, 0.25) is 15.9 Å². The maximum Gasteiger partial charge on any atom is 0.445 e. The molecule has 0 fully saturated rings. The van der Waals surface area contributed by atoms with Crippen LogP contribution in [0.1, 0.15) is 22.3 Å². The number of halogens is 6. The predicted octanol–water partition coefficient (Wildman–Crippen LogP) is 3.72. The topological polar surface area (TPSA) is 81.2 Å². The molecule has 0 saturated heterocycles. The summed E-state index contributed by atoms with van der Waals surface area (Å²) in [4.78, 5) is 24.3. The first-order valence-corrected chi connectivity index (χ1v) is 8.10. The number of alkyl halides is 3. The van der Waals surface area contributed by atoms with Crippen LogP contribution in [0.3, 0.4) is 0 Å². The van der Waals surface area contributed by atoms with Gasteiger partial charge < -0.3 is 10.1 Å². The molecule has 0 radical (unpaired) electrons. The number of aromatic nitrogens is 2. The highest BCUT2D eigenvalue weighted by molar-refractivity contribution is 7.15. The molecule has 2 rings (SSSR count). The fourth-order valence-electron chi connectivity index (χ4n) is 1.80. The van der Waals surface area contributed by atoms with Gasteiger partial charge in [0.15, 0.2) is 11.6 Å². The summed E-state index contributed by atoms with van der Waals surface area (Å²) in [6.45, 7) is 1.20. The zero-order valence-electron chi connectivity index (χ0n) is 13.7. The lowest BCUT2D eigenvalue weighted by atomic mass is 10.0. The van der Waals surface area contributed by atoms with Crippen molar-refractivity contribution in [1.82, 2.24) is 10.2 Å². The van der Waals surface area contributed by atoms with E-state index in [-0.39, 0.29) is 30.1 Å². The highest BCUT2D eigenvalue weighted by atomic mass is 32.1. The Bertz CT molecular complexity index is 942. The van der Waals surface area contributed by atoms with Gasteiger partial charge >= 0.3 is 12.1 Å². The molecule has 0 unspecified atom stereocenters. The summed E-state index contributed by atoms with van der Waals surface area (Å²) in [7, 11) is 0. The summed E-state index contributed by atoms with van der Waals surface area (Å²) in [5.74, 6) is -7.20. The van der Waals surface area contributed by atoms with Crippen molar-refractivity contribution in [2.24, 2.45) is 0 Å². The number of nitrogens with zero attached hydrogens (tertiary/aromatic N) is 2. The summed E-state index contributed by atoms with van der Waals surface area (Å²) < 4.78 is 82.3. The molecule has 1 N–H and O–H groups in total. The van der Waals surface area contributed by atoms with Gasteiger partial charge in [0.05, 0.1) is 12.2 Å². The van der Waals surface area contributed by atoms with E-state index in [2.05, 4.69) is 20.3 Å². The number of carbonyl (C=O) groups is 2. The van der Waals surface area contributed by atoms with E-state index in [1.165, 1.54) is 6.92 Å². The van der Waals surface area contributed by atoms with E-state index >= 15 is 0 Å². The van der Waals surface area contributed by atoms with Gasteiger partial charge in [-0.3, -0.25) is 4.79 Å². The normalized spacial score (nSPS) is 12.0. The molecule has 0 aliphatic rings. The number of benzene rings is 1. The predicted molar refractivity (Wildman–Crippen MR) is 83.9 cm³/mol. The fourth-order valence-corrected chi connectivity index (χ4v) is 2.38. The zero-order valence-corrected chi connectivity index (χ0v) is 14.6. The van der Waals surface area contributed by atoms with Crippen LogP contribution in [0.25, 0.3) is 0 Å². The lowest BCUT2D eigenvalue weighted by molar-refractivity contribution is -0.138. The Morgan fingerprint density at radius 1 is 1.14 bits per heavy atom. The standard InChI is InChI=1S/C15H9F6N3O3S/c1-2-27-12(26)7(5-22-14-24-23-13(28-14)15(19,20)21)11(25)6-3-9(17)10(18)4-8(6)16/h3-5H,2H2,1H3,(H,22,24)/b7-5-. The summed E-state index contributed by atoms with van der Waals surface area (Å²) in [6.07, 6.45) is -4.14. The van der Waals surface area contributed by atoms with E-state index in [0.717, 1.165) is 0 Å². The zero-order chi connectivity index (χ0) is 21.1. The first kappa shape index (κ1) is 21.3. The number of carbonyl (C=O) groups excluding carboxylic acids is 2. The minimum Gasteiger partial charge on any atom is -0.462 e.